The fourth-order valence-corrected chi connectivity index (χ4v) is 6.43. The first-order valence-corrected chi connectivity index (χ1v) is 16.7. The molecular formula is C24H41N3O5S3. The zero-order valence-corrected chi connectivity index (χ0v) is 23.5. The number of unbranched alkanes of at least 4 members (excludes halogenated alkanes) is 13. The number of hydrogen-bond donors (Lipinski definition) is 2. The van der Waals surface area contributed by atoms with E-state index in [-0.39, 0.29) is 10.6 Å². The molecule has 0 amide bonds. The van der Waals surface area contributed by atoms with Gasteiger partial charge in [0.15, 0.2) is 0 Å². The van der Waals surface area contributed by atoms with Gasteiger partial charge >= 0.3 is 0 Å². The van der Waals surface area contributed by atoms with Gasteiger partial charge in [-0.3, -0.25) is 4.55 Å². The van der Waals surface area contributed by atoms with Gasteiger partial charge in [-0.1, -0.05) is 102 Å². The van der Waals surface area contributed by atoms with Crippen molar-refractivity contribution in [3.8, 4) is 0 Å². The van der Waals surface area contributed by atoms with Crippen molar-refractivity contribution in [1.82, 2.24) is 9.40 Å². The number of hydrogen-bond acceptors (Lipinski definition) is 6. The Morgan fingerprint density at radius 2 is 1.37 bits per heavy atom. The van der Waals surface area contributed by atoms with Crippen LogP contribution in [0.4, 0.5) is 0 Å². The smallest absolute Gasteiger partial charge is 0.294 e. The lowest BCUT2D eigenvalue weighted by molar-refractivity contribution is 0.483. The molecule has 11 heteroatoms. The minimum absolute atomic E-state index is 0.0239. The van der Waals surface area contributed by atoms with Crippen molar-refractivity contribution in [1.29, 1.82) is 0 Å². The van der Waals surface area contributed by atoms with E-state index in [1.165, 1.54) is 87.7 Å². The van der Waals surface area contributed by atoms with Crippen LogP contribution in [0.1, 0.15) is 96.8 Å². The molecule has 0 fully saturated rings. The van der Waals surface area contributed by atoms with Crippen LogP contribution in [0.15, 0.2) is 28.2 Å². The summed E-state index contributed by atoms with van der Waals surface area (Å²) in [5, 5.41) is 4.02. The highest BCUT2D eigenvalue weighted by Gasteiger charge is 2.13. The third-order valence-corrected chi connectivity index (χ3v) is 9.28. The van der Waals surface area contributed by atoms with E-state index in [0.29, 0.717) is 16.7 Å². The summed E-state index contributed by atoms with van der Waals surface area (Å²) in [6, 6.07) is 4.20. The monoisotopic (exact) mass is 547 g/mol. The maximum Gasteiger partial charge on any atom is 0.294 e. The Hall–Kier alpha value is -1.43. The summed E-state index contributed by atoms with van der Waals surface area (Å²) in [6.07, 6.45) is 16.9. The van der Waals surface area contributed by atoms with Crippen LogP contribution in [-0.4, -0.2) is 31.7 Å². The Balaban J connectivity index is 1.66. The van der Waals surface area contributed by atoms with Crippen LogP contribution in [0.5, 0.6) is 0 Å². The second-order valence-corrected chi connectivity index (χ2v) is 13.4. The van der Waals surface area contributed by atoms with Gasteiger partial charge in [-0.05, 0) is 24.6 Å². The summed E-state index contributed by atoms with van der Waals surface area (Å²) >= 11 is 1.23. The van der Waals surface area contributed by atoms with Crippen LogP contribution in [-0.2, 0) is 27.2 Å². The van der Waals surface area contributed by atoms with Crippen molar-refractivity contribution >= 4 is 41.7 Å². The molecule has 0 saturated heterocycles. The van der Waals surface area contributed by atoms with Crippen molar-refractivity contribution in [3.05, 3.63) is 23.0 Å². The molecule has 0 aliphatic carbocycles. The number of nitrogens with zero attached hydrogens (tertiary/aromatic N) is 2. The maximum atomic E-state index is 12.3. The summed E-state index contributed by atoms with van der Waals surface area (Å²) in [4.78, 5) is 2.45. The average Bonchev–Trinajstić information content (AvgIpc) is 3.12. The summed E-state index contributed by atoms with van der Waals surface area (Å²) in [6.45, 7) is 2.24. The van der Waals surface area contributed by atoms with E-state index in [4.69, 9.17) is 0 Å². The zero-order valence-electron chi connectivity index (χ0n) is 21.0. The van der Waals surface area contributed by atoms with Gasteiger partial charge in [0, 0.05) is 7.05 Å². The van der Waals surface area contributed by atoms with E-state index in [0.717, 1.165) is 24.0 Å². The van der Waals surface area contributed by atoms with Crippen LogP contribution in [0.3, 0.4) is 0 Å². The molecule has 2 N–H and O–H groups in total. The first-order valence-electron chi connectivity index (χ1n) is 12.7. The Morgan fingerprint density at radius 1 is 0.857 bits per heavy atom. The third-order valence-electron chi connectivity index (χ3n) is 6.12. The van der Waals surface area contributed by atoms with Gasteiger partial charge in [0.1, 0.15) is 0 Å². The SMILES string of the molecule is CCCCCCCCCCCCCCCCS(=O)(=O)N/N=c1\sc2ccc(S(=O)(=O)O)cc2n1C. The molecule has 2 rings (SSSR count). The molecule has 8 nitrogen and oxygen atoms in total. The van der Waals surface area contributed by atoms with Gasteiger partial charge in [0.2, 0.25) is 14.8 Å². The highest BCUT2D eigenvalue weighted by molar-refractivity contribution is 7.89. The third kappa shape index (κ3) is 11.0. The second-order valence-electron chi connectivity index (χ2n) is 9.17. The summed E-state index contributed by atoms with van der Waals surface area (Å²) in [5.74, 6) is 0.0239. The van der Waals surface area contributed by atoms with Gasteiger partial charge < -0.3 is 4.57 Å². The second kappa shape index (κ2) is 15.0. The molecule has 0 radical (unpaired) electrons. The fraction of sp³-hybridized carbons (Fsp3) is 0.708. The van der Waals surface area contributed by atoms with E-state index >= 15 is 0 Å². The molecule has 1 aromatic heterocycles. The number of sulfonamides is 1. The van der Waals surface area contributed by atoms with Crippen LogP contribution >= 0.6 is 11.3 Å². The first-order chi connectivity index (χ1) is 16.6. The lowest BCUT2D eigenvalue weighted by atomic mass is 10.0. The molecule has 2 aromatic rings. The molecule has 200 valence electrons. The van der Waals surface area contributed by atoms with E-state index < -0.39 is 20.1 Å². The highest BCUT2D eigenvalue weighted by atomic mass is 32.2. The molecular weight excluding hydrogens is 506 g/mol. The molecule has 0 unspecified atom stereocenters. The van der Waals surface area contributed by atoms with Crippen LogP contribution in [0, 0.1) is 0 Å². The number of nitrogens with one attached hydrogen (secondary N) is 1. The molecule has 1 heterocycles. The van der Waals surface area contributed by atoms with E-state index in [1.807, 2.05) is 0 Å². The minimum Gasteiger partial charge on any atom is -0.318 e. The quantitative estimate of drug-likeness (QED) is 0.141. The lowest BCUT2D eigenvalue weighted by Crippen LogP contribution is -2.25. The normalized spacial score (nSPS) is 13.1. The summed E-state index contributed by atoms with van der Waals surface area (Å²) in [7, 11) is -6.20. The molecule has 0 spiro atoms. The molecule has 0 aliphatic heterocycles. The molecule has 0 atom stereocenters. The molecule has 0 bridgehead atoms. The molecule has 1 aromatic carbocycles. The molecule has 0 aliphatic rings. The van der Waals surface area contributed by atoms with E-state index in [2.05, 4.69) is 16.9 Å². The van der Waals surface area contributed by atoms with Crippen LogP contribution < -0.4 is 9.63 Å². The Labute approximate surface area is 214 Å². The van der Waals surface area contributed by atoms with E-state index in [1.54, 1.807) is 17.7 Å². The predicted octanol–water partition coefficient (Wildman–Crippen LogP) is 5.70. The standard InChI is InChI=1S/C24H41N3O5S3/c1-3-4-5-6-7-8-9-10-11-12-13-14-15-16-19-34(28,29)26-25-24-27(2)22-20-21(35(30,31)32)17-18-23(22)33-24/h17-18,20,26H,3-16,19H2,1-2H3,(H,30,31,32)/b25-24-. The van der Waals surface area contributed by atoms with Crippen LogP contribution in [0.2, 0.25) is 0 Å². The number of fused-ring (bicyclic) bond motifs is 1. The number of thiazole rings is 1. The highest BCUT2D eigenvalue weighted by Crippen LogP contribution is 2.20. The zero-order chi connectivity index (χ0) is 25.7. The minimum atomic E-state index is -4.32. The number of benzene rings is 1. The van der Waals surface area contributed by atoms with E-state index in [9.17, 15) is 21.4 Å². The van der Waals surface area contributed by atoms with Gasteiger partial charge in [-0.25, -0.2) is 13.2 Å². The van der Waals surface area contributed by atoms with Crippen molar-refractivity contribution in [3.63, 3.8) is 0 Å². The van der Waals surface area contributed by atoms with Crippen LogP contribution in [0.25, 0.3) is 10.2 Å². The van der Waals surface area contributed by atoms with Gasteiger partial charge in [-0.15, -0.1) is 5.10 Å². The Morgan fingerprint density at radius 3 is 1.89 bits per heavy atom. The maximum absolute atomic E-state index is 12.3. The summed E-state index contributed by atoms with van der Waals surface area (Å²) in [5.41, 5.74) is 0.537. The van der Waals surface area contributed by atoms with Gasteiger partial charge in [0.05, 0.1) is 20.9 Å². The Kier molecular flexibility index (Phi) is 12.7. The summed E-state index contributed by atoms with van der Waals surface area (Å²) < 4.78 is 58.9. The van der Waals surface area contributed by atoms with Crippen molar-refractivity contribution in [2.45, 2.75) is 102 Å². The number of aromatic nitrogens is 1. The fourth-order valence-electron chi connectivity index (χ4n) is 4.01. The average molecular weight is 548 g/mol. The van der Waals surface area contributed by atoms with Crippen molar-refractivity contribution in [2.24, 2.45) is 12.1 Å². The largest absolute Gasteiger partial charge is 0.318 e. The first kappa shape index (κ1) is 29.8. The van der Waals surface area contributed by atoms with Crippen molar-refractivity contribution < 1.29 is 21.4 Å². The van der Waals surface area contributed by atoms with Gasteiger partial charge in [-0.2, -0.15) is 8.42 Å². The predicted molar refractivity (Wildman–Crippen MR) is 143 cm³/mol. The number of rotatable bonds is 18. The molecule has 35 heavy (non-hydrogen) atoms. The lowest BCUT2D eigenvalue weighted by Gasteiger charge is -2.04. The topological polar surface area (TPSA) is 118 Å². The Bertz CT molecular complexity index is 1180. The molecule has 0 saturated carbocycles. The van der Waals surface area contributed by atoms with Crippen molar-refractivity contribution in [2.75, 3.05) is 5.75 Å². The van der Waals surface area contributed by atoms with Gasteiger partial charge in [0.25, 0.3) is 10.1 Å². The number of aryl methyl sites for hydroxylation is 1.